The zero-order chi connectivity index (χ0) is 15.7. The number of hydrogen-bond acceptors (Lipinski definition) is 0. The second-order valence-corrected chi connectivity index (χ2v) is 6.16. The molecule has 23 heavy (non-hydrogen) atoms. The average Bonchev–Trinajstić information content (AvgIpc) is 2.98. The second kappa shape index (κ2) is 5.55. The van der Waals surface area contributed by atoms with Crippen molar-refractivity contribution in [3.05, 3.63) is 106 Å². The van der Waals surface area contributed by atoms with Gasteiger partial charge >= 0.3 is 0 Å². The molecular weight excluding hydrogens is 276 g/mol. The number of fused-ring (bicyclic) bond motifs is 1. The van der Waals surface area contributed by atoms with Crippen molar-refractivity contribution in [2.45, 2.75) is 18.8 Å². The maximum Gasteiger partial charge on any atom is 0.0400 e. The van der Waals surface area contributed by atoms with Gasteiger partial charge in [0.05, 0.1) is 0 Å². The first kappa shape index (κ1) is 14.0. The minimum absolute atomic E-state index is 0.0493. The fraction of sp³-hybridized carbons (Fsp3) is 0.130. The molecule has 3 aromatic carbocycles. The predicted molar refractivity (Wildman–Crippen MR) is 97.5 cm³/mol. The van der Waals surface area contributed by atoms with Gasteiger partial charge in [0.25, 0.3) is 0 Å². The van der Waals surface area contributed by atoms with Crippen molar-refractivity contribution in [2.75, 3.05) is 0 Å². The van der Waals surface area contributed by atoms with E-state index >= 15 is 0 Å². The molecule has 1 aliphatic carbocycles. The molecular formula is C23H20. The molecule has 0 fully saturated rings. The van der Waals surface area contributed by atoms with Gasteiger partial charge in [-0.1, -0.05) is 97.9 Å². The Balaban J connectivity index is 2.10. The molecule has 0 N–H and O–H groups in total. The van der Waals surface area contributed by atoms with E-state index in [1.54, 1.807) is 0 Å². The van der Waals surface area contributed by atoms with Crippen molar-refractivity contribution in [1.29, 1.82) is 0 Å². The Labute approximate surface area is 137 Å². The van der Waals surface area contributed by atoms with E-state index in [0.29, 0.717) is 0 Å². The first-order valence-corrected chi connectivity index (χ1v) is 8.29. The summed E-state index contributed by atoms with van der Waals surface area (Å²) < 4.78 is 0. The third-order valence-corrected chi connectivity index (χ3v) is 4.99. The van der Waals surface area contributed by atoms with Gasteiger partial charge in [-0.2, -0.15) is 0 Å². The monoisotopic (exact) mass is 296 g/mol. The van der Waals surface area contributed by atoms with Crippen LogP contribution in [0.25, 0.3) is 11.6 Å². The molecule has 0 spiro atoms. The van der Waals surface area contributed by atoms with Crippen LogP contribution in [-0.4, -0.2) is 0 Å². The van der Waals surface area contributed by atoms with E-state index in [9.17, 15) is 0 Å². The van der Waals surface area contributed by atoms with Gasteiger partial charge in [0.1, 0.15) is 0 Å². The van der Waals surface area contributed by atoms with Crippen molar-refractivity contribution in [3.63, 3.8) is 0 Å². The van der Waals surface area contributed by atoms with Crippen molar-refractivity contribution < 1.29 is 0 Å². The molecule has 0 heterocycles. The van der Waals surface area contributed by atoms with E-state index in [4.69, 9.17) is 0 Å². The summed E-state index contributed by atoms with van der Waals surface area (Å²) in [4.78, 5) is 0. The molecule has 0 radical (unpaired) electrons. The van der Waals surface area contributed by atoms with Crippen LogP contribution in [0, 0.1) is 0 Å². The lowest BCUT2D eigenvalue weighted by Crippen LogP contribution is -2.26. The molecule has 0 bridgehead atoms. The van der Waals surface area contributed by atoms with Crippen molar-refractivity contribution in [3.8, 4) is 0 Å². The average molecular weight is 296 g/mol. The van der Waals surface area contributed by atoms with Crippen LogP contribution in [0.1, 0.15) is 24.5 Å². The zero-order valence-electron chi connectivity index (χ0n) is 13.4. The summed E-state index contributed by atoms with van der Waals surface area (Å²) in [6, 6.07) is 30.5. The highest BCUT2D eigenvalue weighted by Gasteiger charge is 2.36. The summed E-state index contributed by atoms with van der Waals surface area (Å²) in [7, 11) is 0. The Kier molecular flexibility index (Phi) is 3.38. The van der Waals surface area contributed by atoms with Crippen LogP contribution in [0.4, 0.5) is 0 Å². The molecule has 0 heteroatoms. The summed E-state index contributed by atoms with van der Waals surface area (Å²) in [5, 5.41) is 2.71. The normalized spacial score (nSPS) is 19.3. The maximum absolute atomic E-state index is 2.46. The lowest BCUT2D eigenvalue weighted by molar-refractivity contribution is 0.702. The van der Waals surface area contributed by atoms with Crippen molar-refractivity contribution in [1.82, 2.24) is 0 Å². The highest BCUT2D eigenvalue weighted by atomic mass is 14.4. The van der Waals surface area contributed by atoms with Crippen molar-refractivity contribution >= 4 is 11.6 Å². The van der Waals surface area contributed by atoms with Crippen LogP contribution in [0.3, 0.4) is 0 Å². The molecule has 4 rings (SSSR count). The number of hydrogen-bond donors (Lipinski definition) is 0. The Hall–Kier alpha value is -2.60. The molecule has 0 saturated carbocycles. The van der Waals surface area contributed by atoms with E-state index < -0.39 is 0 Å². The third-order valence-electron chi connectivity index (χ3n) is 4.99. The quantitative estimate of drug-likeness (QED) is 0.684. The summed E-state index contributed by atoms with van der Waals surface area (Å²) in [6.45, 7) is 2.29. The largest absolute Gasteiger partial charge is 0.0639 e. The van der Waals surface area contributed by atoms with Crippen LogP contribution in [-0.2, 0) is 5.41 Å². The smallest absolute Gasteiger partial charge is 0.0400 e. The molecule has 112 valence electrons. The molecule has 0 aliphatic heterocycles. The van der Waals surface area contributed by atoms with Crippen LogP contribution < -0.4 is 10.4 Å². The lowest BCUT2D eigenvalue weighted by atomic mass is 9.71. The molecule has 0 amide bonds. The third kappa shape index (κ3) is 2.14. The number of benzene rings is 3. The van der Waals surface area contributed by atoms with Crippen LogP contribution in [0.15, 0.2) is 84.9 Å². The summed E-state index contributed by atoms with van der Waals surface area (Å²) in [6.07, 6.45) is 3.51. The van der Waals surface area contributed by atoms with E-state index in [0.717, 1.165) is 6.42 Å². The highest BCUT2D eigenvalue weighted by Crippen LogP contribution is 2.42. The van der Waals surface area contributed by atoms with Gasteiger partial charge in [-0.05, 0) is 33.6 Å². The van der Waals surface area contributed by atoms with Gasteiger partial charge in [0.15, 0.2) is 0 Å². The van der Waals surface area contributed by atoms with Gasteiger partial charge in [-0.3, -0.25) is 0 Å². The fourth-order valence-electron chi connectivity index (χ4n) is 3.89. The lowest BCUT2D eigenvalue weighted by Gasteiger charge is -2.31. The Morgan fingerprint density at radius 3 is 2.00 bits per heavy atom. The fourth-order valence-corrected chi connectivity index (χ4v) is 3.89. The van der Waals surface area contributed by atoms with E-state index in [2.05, 4.69) is 97.9 Å². The van der Waals surface area contributed by atoms with Gasteiger partial charge in [-0.15, -0.1) is 0 Å². The van der Waals surface area contributed by atoms with Gasteiger partial charge < -0.3 is 0 Å². The molecule has 1 aliphatic rings. The van der Waals surface area contributed by atoms with E-state index in [1.165, 1.54) is 27.1 Å². The Morgan fingerprint density at radius 1 is 0.696 bits per heavy atom. The first-order valence-electron chi connectivity index (χ1n) is 8.29. The van der Waals surface area contributed by atoms with Crippen LogP contribution in [0.5, 0.6) is 0 Å². The summed E-state index contributed by atoms with van der Waals surface area (Å²) in [5.74, 6) is 0. The number of rotatable bonds is 3. The molecule has 0 saturated heterocycles. The molecule has 1 atom stereocenters. The van der Waals surface area contributed by atoms with E-state index in [-0.39, 0.29) is 5.41 Å². The van der Waals surface area contributed by atoms with Crippen LogP contribution >= 0.6 is 0 Å². The van der Waals surface area contributed by atoms with Gasteiger partial charge in [0.2, 0.25) is 0 Å². The minimum Gasteiger partial charge on any atom is -0.0639 e. The standard InChI is InChI=1S/C23H20/c1-2-23(20-14-7-4-8-15-20)17-19-13-9-10-16-21(19)22(23)18-11-5-3-6-12-18/h3-17H,2H2,1H3. The van der Waals surface area contributed by atoms with Gasteiger partial charge in [-0.25, -0.2) is 0 Å². The SMILES string of the molecule is CCC1(c2ccccc2)C=c2ccccc2=C1c1ccccc1. The van der Waals surface area contributed by atoms with Crippen molar-refractivity contribution in [2.24, 2.45) is 0 Å². The molecule has 0 aromatic heterocycles. The molecule has 3 aromatic rings. The van der Waals surface area contributed by atoms with E-state index in [1.807, 2.05) is 0 Å². The topological polar surface area (TPSA) is 0 Å². The summed E-state index contributed by atoms with van der Waals surface area (Å²) in [5.41, 5.74) is 4.08. The van der Waals surface area contributed by atoms with Gasteiger partial charge in [0, 0.05) is 5.41 Å². The second-order valence-electron chi connectivity index (χ2n) is 6.16. The first-order chi connectivity index (χ1) is 11.3. The maximum atomic E-state index is 2.46. The minimum atomic E-state index is -0.0493. The molecule has 1 unspecified atom stereocenters. The highest BCUT2D eigenvalue weighted by molar-refractivity contribution is 5.85. The Morgan fingerprint density at radius 2 is 1.30 bits per heavy atom. The predicted octanol–water partition coefficient (Wildman–Crippen LogP) is 4.03. The summed E-state index contributed by atoms with van der Waals surface area (Å²) >= 11 is 0. The zero-order valence-corrected chi connectivity index (χ0v) is 13.4. The van der Waals surface area contributed by atoms with Crippen LogP contribution in [0.2, 0.25) is 0 Å². The Bertz CT molecular complexity index is 936. The molecule has 0 nitrogen and oxygen atoms in total.